The first kappa shape index (κ1) is 20.5. The van der Waals surface area contributed by atoms with Crippen LogP contribution in [0.15, 0.2) is 48.5 Å². The number of methoxy groups -OCH3 is 1. The summed E-state index contributed by atoms with van der Waals surface area (Å²) < 4.78 is 25.0. The topological polar surface area (TPSA) is 59.0 Å². The Morgan fingerprint density at radius 1 is 1.08 bits per heavy atom. The van der Waals surface area contributed by atoms with Gasteiger partial charge in [-0.3, -0.25) is 4.57 Å². The van der Waals surface area contributed by atoms with Crippen LogP contribution in [0.2, 0.25) is 0 Å². The summed E-state index contributed by atoms with van der Waals surface area (Å²) in [6, 6.07) is 14.3. The standard InChI is InChI=1S/C20H28NO4P/c1-15(2)14-25-26(23,17-12-10-16(11-13-17)21(3)4)20(22)18-8-6-7-9-19(18)24-5/h6-13,15,20,22H,14H2,1-5H3/t20-,26+/m0/s1. The van der Waals surface area contributed by atoms with Gasteiger partial charge in [-0.15, -0.1) is 0 Å². The van der Waals surface area contributed by atoms with E-state index in [1.807, 2.05) is 45.0 Å². The van der Waals surface area contributed by atoms with Crippen molar-refractivity contribution in [1.82, 2.24) is 0 Å². The maximum Gasteiger partial charge on any atom is 0.264 e. The number of para-hydroxylation sites is 1. The van der Waals surface area contributed by atoms with Gasteiger partial charge in [-0.05, 0) is 36.2 Å². The molecule has 0 fully saturated rings. The smallest absolute Gasteiger partial charge is 0.264 e. The highest BCUT2D eigenvalue weighted by Crippen LogP contribution is 2.59. The van der Waals surface area contributed by atoms with Crippen molar-refractivity contribution >= 4 is 18.4 Å². The molecule has 5 nitrogen and oxygen atoms in total. The zero-order valence-electron chi connectivity index (χ0n) is 16.0. The minimum atomic E-state index is -3.57. The highest BCUT2D eigenvalue weighted by atomic mass is 31.2. The average molecular weight is 377 g/mol. The van der Waals surface area contributed by atoms with Gasteiger partial charge < -0.3 is 19.3 Å². The van der Waals surface area contributed by atoms with Crippen LogP contribution in [-0.2, 0) is 9.09 Å². The third kappa shape index (κ3) is 4.47. The van der Waals surface area contributed by atoms with Crippen LogP contribution in [0.4, 0.5) is 5.69 Å². The predicted molar refractivity (Wildman–Crippen MR) is 107 cm³/mol. The molecule has 0 spiro atoms. The molecule has 0 aliphatic rings. The fourth-order valence-electron chi connectivity index (χ4n) is 2.57. The molecule has 0 bridgehead atoms. The van der Waals surface area contributed by atoms with Crippen LogP contribution in [0.3, 0.4) is 0 Å². The summed E-state index contributed by atoms with van der Waals surface area (Å²) in [5.74, 6) is -0.630. The third-order valence-corrected chi connectivity index (χ3v) is 6.54. The lowest BCUT2D eigenvalue weighted by molar-refractivity contribution is 0.199. The molecule has 2 rings (SSSR count). The number of nitrogens with zero attached hydrogens (tertiary/aromatic N) is 1. The molecule has 0 saturated heterocycles. The second kappa shape index (κ2) is 8.72. The third-order valence-electron chi connectivity index (χ3n) is 4.06. The van der Waals surface area contributed by atoms with Crippen LogP contribution in [0, 0.1) is 5.92 Å². The Kier molecular flexibility index (Phi) is 6.87. The maximum atomic E-state index is 13.8. The molecule has 1 N–H and O–H groups in total. The summed E-state index contributed by atoms with van der Waals surface area (Å²) in [6.07, 6.45) is 0. The van der Waals surface area contributed by atoms with E-state index >= 15 is 0 Å². The van der Waals surface area contributed by atoms with E-state index in [-0.39, 0.29) is 5.92 Å². The predicted octanol–water partition coefficient (Wildman–Crippen LogP) is 4.03. The second-order valence-corrected chi connectivity index (χ2v) is 9.27. The average Bonchev–Trinajstić information content (AvgIpc) is 2.65. The lowest BCUT2D eigenvalue weighted by Crippen LogP contribution is -2.17. The van der Waals surface area contributed by atoms with Gasteiger partial charge in [-0.1, -0.05) is 32.0 Å². The Balaban J connectivity index is 2.48. The van der Waals surface area contributed by atoms with Crippen molar-refractivity contribution in [3.63, 3.8) is 0 Å². The van der Waals surface area contributed by atoms with Crippen LogP contribution in [0.5, 0.6) is 5.75 Å². The molecule has 6 heteroatoms. The molecular weight excluding hydrogens is 349 g/mol. The number of anilines is 1. The molecule has 0 amide bonds. The molecule has 2 atom stereocenters. The van der Waals surface area contributed by atoms with Crippen molar-refractivity contribution in [3.05, 3.63) is 54.1 Å². The monoisotopic (exact) mass is 377 g/mol. The largest absolute Gasteiger partial charge is 0.496 e. The zero-order chi connectivity index (χ0) is 19.3. The van der Waals surface area contributed by atoms with E-state index in [0.717, 1.165) is 5.69 Å². The fraction of sp³-hybridized carbons (Fsp3) is 0.400. The summed E-state index contributed by atoms with van der Waals surface area (Å²) in [7, 11) is 1.83. The zero-order valence-corrected chi connectivity index (χ0v) is 16.9. The van der Waals surface area contributed by atoms with Gasteiger partial charge in [-0.25, -0.2) is 0 Å². The van der Waals surface area contributed by atoms with E-state index in [9.17, 15) is 9.67 Å². The molecular formula is C20H28NO4P. The Morgan fingerprint density at radius 3 is 2.23 bits per heavy atom. The van der Waals surface area contributed by atoms with Gasteiger partial charge in [0, 0.05) is 30.7 Å². The van der Waals surface area contributed by atoms with Gasteiger partial charge in [0.25, 0.3) is 7.37 Å². The van der Waals surface area contributed by atoms with Gasteiger partial charge in [0.15, 0.2) is 5.85 Å². The number of rotatable bonds is 8. The number of hydrogen-bond acceptors (Lipinski definition) is 5. The SMILES string of the molecule is COc1ccccc1[C@@H](O)[P@](=O)(OCC(C)C)c1ccc(N(C)C)cc1. The molecule has 0 aromatic heterocycles. The number of benzene rings is 2. The fourth-order valence-corrected chi connectivity index (χ4v) is 4.80. The summed E-state index contributed by atoms with van der Waals surface area (Å²) in [5.41, 5.74) is 1.44. The van der Waals surface area contributed by atoms with Crippen molar-refractivity contribution in [2.24, 2.45) is 5.92 Å². The highest BCUT2D eigenvalue weighted by molar-refractivity contribution is 7.67. The Hall–Kier alpha value is -1.81. The Bertz CT molecular complexity index is 759. The van der Waals surface area contributed by atoms with Crippen LogP contribution in [0.25, 0.3) is 0 Å². The molecule has 0 aliphatic carbocycles. The Morgan fingerprint density at radius 2 is 1.69 bits per heavy atom. The van der Waals surface area contributed by atoms with Crippen molar-refractivity contribution in [2.45, 2.75) is 19.7 Å². The van der Waals surface area contributed by atoms with Crippen LogP contribution >= 0.6 is 7.37 Å². The molecule has 26 heavy (non-hydrogen) atoms. The second-order valence-electron chi connectivity index (χ2n) is 6.81. The molecule has 0 aliphatic heterocycles. The van der Waals surface area contributed by atoms with Crippen LogP contribution < -0.4 is 14.9 Å². The molecule has 2 aromatic carbocycles. The van der Waals surface area contributed by atoms with Crippen LogP contribution in [-0.4, -0.2) is 32.9 Å². The lowest BCUT2D eigenvalue weighted by atomic mass is 10.2. The van der Waals surface area contributed by atoms with E-state index in [1.54, 1.807) is 36.4 Å². The maximum absolute atomic E-state index is 13.8. The van der Waals surface area contributed by atoms with E-state index in [2.05, 4.69) is 0 Å². The molecule has 0 heterocycles. The van der Waals surface area contributed by atoms with Gasteiger partial charge >= 0.3 is 0 Å². The van der Waals surface area contributed by atoms with Crippen LogP contribution in [0.1, 0.15) is 25.3 Å². The van der Waals surface area contributed by atoms with Gasteiger partial charge in [0.1, 0.15) is 5.75 Å². The van der Waals surface area contributed by atoms with E-state index in [0.29, 0.717) is 23.2 Å². The van der Waals surface area contributed by atoms with Gasteiger partial charge in [-0.2, -0.15) is 0 Å². The summed E-state index contributed by atoms with van der Waals surface area (Å²) >= 11 is 0. The minimum absolute atomic E-state index is 0.189. The van der Waals surface area contributed by atoms with E-state index in [4.69, 9.17) is 9.26 Å². The molecule has 142 valence electrons. The first-order valence-electron chi connectivity index (χ1n) is 8.62. The summed E-state index contributed by atoms with van der Waals surface area (Å²) in [6.45, 7) is 4.25. The molecule has 0 radical (unpaired) electrons. The van der Waals surface area contributed by atoms with Crippen molar-refractivity contribution in [1.29, 1.82) is 0 Å². The van der Waals surface area contributed by atoms with Crippen molar-refractivity contribution in [3.8, 4) is 5.75 Å². The quantitative estimate of drug-likeness (QED) is 0.704. The molecule has 2 aromatic rings. The summed E-state index contributed by atoms with van der Waals surface area (Å²) in [5, 5.41) is 11.5. The highest BCUT2D eigenvalue weighted by Gasteiger charge is 2.38. The number of hydrogen-bond donors (Lipinski definition) is 1. The van der Waals surface area contributed by atoms with E-state index < -0.39 is 13.2 Å². The summed E-state index contributed by atoms with van der Waals surface area (Å²) in [4.78, 5) is 1.96. The number of ether oxygens (including phenoxy) is 1. The number of aliphatic hydroxyl groups excluding tert-OH is 1. The van der Waals surface area contributed by atoms with Gasteiger partial charge in [0.05, 0.1) is 13.7 Å². The Labute approximate surface area is 156 Å². The lowest BCUT2D eigenvalue weighted by Gasteiger charge is -2.26. The van der Waals surface area contributed by atoms with Gasteiger partial charge in [0.2, 0.25) is 0 Å². The van der Waals surface area contributed by atoms with E-state index in [1.165, 1.54) is 7.11 Å². The first-order chi connectivity index (χ1) is 12.3. The van der Waals surface area contributed by atoms with Crippen molar-refractivity contribution in [2.75, 3.05) is 32.7 Å². The normalized spacial score (nSPS) is 14.7. The molecule has 0 saturated carbocycles. The minimum Gasteiger partial charge on any atom is -0.496 e. The first-order valence-corrected chi connectivity index (χ1v) is 10.3. The molecule has 0 unspecified atom stereocenters. The number of aliphatic hydroxyl groups is 1. The van der Waals surface area contributed by atoms with Crippen molar-refractivity contribution < 1.29 is 18.9 Å².